The van der Waals surface area contributed by atoms with Crippen LogP contribution in [0.2, 0.25) is 0 Å². The minimum atomic E-state index is -3.49. The van der Waals surface area contributed by atoms with Crippen LogP contribution in [0, 0.1) is 0 Å². The normalized spacial score (nSPS) is 16.8. The average Bonchev–Trinajstić information content (AvgIpc) is 3.04. The summed E-state index contributed by atoms with van der Waals surface area (Å²) in [6.45, 7) is 3.52. The van der Waals surface area contributed by atoms with Gasteiger partial charge >= 0.3 is 0 Å². The van der Waals surface area contributed by atoms with Crippen molar-refractivity contribution in [1.29, 1.82) is 0 Å². The fourth-order valence-corrected chi connectivity index (χ4v) is 6.15. The van der Waals surface area contributed by atoms with Crippen molar-refractivity contribution in [3.05, 3.63) is 17.0 Å². The van der Waals surface area contributed by atoms with Crippen molar-refractivity contribution in [2.45, 2.75) is 36.4 Å². The topological polar surface area (TPSA) is 95.6 Å². The zero-order valence-corrected chi connectivity index (χ0v) is 17.7. The summed E-state index contributed by atoms with van der Waals surface area (Å²) in [5, 5.41) is 3.23. The number of nitrogens with zero attached hydrogens (tertiary/aromatic N) is 1. The molecule has 0 amide bonds. The van der Waals surface area contributed by atoms with Gasteiger partial charge in [0.1, 0.15) is 4.21 Å². The van der Waals surface area contributed by atoms with Crippen molar-refractivity contribution in [2.75, 3.05) is 32.4 Å². The lowest BCUT2D eigenvalue weighted by molar-refractivity contribution is 0.297. The van der Waals surface area contributed by atoms with Gasteiger partial charge in [0.15, 0.2) is 0 Å². The Morgan fingerprint density at radius 3 is 2.48 bits per heavy atom. The van der Waals surface area contributed by atoms with Crippen molar-refractivity contribution in [2.24, 2.45) is 0 Å². The lowest BCUT2D eigenvalue weighted by atomic mass is 10.1. The van der Waals surface area contributed by atoms with Gasteiger partial charge in [-0.2, -0.15) is 4.31 Å². The van der Waals surface area contributed by atoms with Crippen molar-refractivity contribution in [3.8, 4) is 0 Å². The third kappa shape index (κ3) is 6.16. The lowest BCUT2D eigenvalue weighted by Gasteiger charge is -2.30. The molecular weight excluding hydrogens is 406 g/mol. The summed E-state index contributed by atoms with van der Waals surface area (Å²) in [6, 6.07) is 3.40. The highest BCUT2D eigenvalue weighted by Gasteiger charge is 2.30. The van der Waals surface area contributed by atoms with Crippen molar-refractivity contribution < 1.29 is 16.8 Å². The van der Waals surface area contributed by atoms with Crippen LogP contribution in [0.5, 0.6) is 0 Å². The smallest absolute Gasteiger partial charge is 0.252 e. The third-order valence-electron chi connectivity index (χ3n) is 4.17. The monoisotopic (exact) mass is 431 g/mol. The number of rotatable bonds is 8. The van der Waals surface area contributed by atoms with Crippen LogP contribution >= 0.6 is 23.7 Å². The van der Waals surface area contributed by atoms with Crippen LogP contribution < -0.4 is 10.0 Å². The quantitative estimate of drug-likeness (QED) is 0.640. The van der Waals surface area contributed by atoms with Gasteiger partial charge in [0, 0.05) is 24.5 Å². The van der Waals surface area contributed by atoms with E-state index in [1.807, 2.05) is 0 Å². The molecular formula is C14H26ClN3O4S3. The van der Waals surface area contributed by atoms with Gasteiger partial charge < -0.3 is 5.32 Å². The molecule has 25 heavy (non-hydrogen) atoms. The number of piperidine rings is 1. The van der Waals surface area contributed by atoms with Gasteiger partial charge in [0.25, 0.3) is 10.0 Å². The molecule has 0 aromatic carbocycles. The second-order valence-electron chi connectivity index (χ2n) is 5.77. The van der Waals surface area contributed by atoms with Crippen LogP contribution in [-0.2, 0) is 26.5 Å². The van der Waals surface area contributed by atoms with E-state index in [1.54, 1.807) is 26.1 Å². The van der Waals surface area contributed by atoms with E-state index in [0.29, 0.717) is 10.6 Å². The number of sulfonamides is 2. The second-order valence-corrected chi connectivity index (χ2v) is 11.3. The van der Waals surface area contributed by atoms with E-state index < -0.39 is 20.0 Å². The van der Waals surface area contributed by atoms with Crippen LogP contribution in [-0.4, -0.2) is 59.6 Å². The number of hydrogen-bond acceptors (Lipinski definition) is 6. The molecule has 0 bridgehead atoms. The number of nitrogens with one attached hydrogen (secondary N) is 2. The van der Waals surface area contributed by atoms with E-state index in [1.165, 1.54) is 15.6 Å². The maximum atomic E-state index is 12.7. The Morgan fingerprint density at radius 2 is 1.88 bits per heavy atom. The van der Waals surface area contributed by atoms with Gasteiger partial charge in [0.2, 0.25) is 10.0 Å². The maximum absolute atomic E-state index is 12.7. The number of thiophene rings is 1. The SMILES string of the molecule is CCS(=O)(=O)NCCc1ccc(S(=O)(=O)N(C)C2CCNCC2)s1.Cl. The predicted octanol–water partition coefficient (Wildman–Crippen LogP) is 1.02. The van der Waals surface area contributed by atoms with Gasteiger partial charge in [-0.3, -0.25) is 0 Å². The Hall–Kier alpha value is -0.230. The molecule has 1 saturated heterocycles. The highest BCUT2D eigenvalue weighted by molar-refractivity contribution is 7.91. The van der Waals surface area contributed by atoms with E-state index in [0.717, 1.165) is 30.8 Å². The molecule has 7 nitrogen and oxygen atoms in total. The molecule has 11 heteroatoms. The van der Waals surface area contributed by atoms with Gasteiger partial charge in [0.05, 0.1) is 5.75 Å². The Morgan fingerprint density at radius 1 is 1.24 bits per heavy atom. The molecule has 0 spiro atoms. The summed E-state index contributed by atoms with van der Waals surface area (Å²) in [6.07, 6.45) is 2.11. The highest BCUT2D eigenvalue weighted by Crippen LogP contribution is 2.27. The van der Waals surface area contributed by atoms with E-state index in [-0.39, 0.29) is 30.7 Å². The van der Waals surface area contributed by atoms with Crippen LogP contribution in [0.25, 0.3) is 0 Å². The number of halogens is 1. The van der Waals surface area contributed by atoms with E-state index in [2.05, 4.69) is 10.0 Å². The predicted molar refractivity (Wildman–Crippen MR) is 104 cm³/mol. The molecule has 0 saturated carbocycles. The molecule has 1 fully saturated rings. The van der Waals surface area contributed by atoms with E-state index in [9.17, 15) is 16.8 Å². The first-order valence-corrected chi connectivity index (χ1v) is 11.9. The lowest BCUT2D eigenvalue weighted by Crippen LogP contribution is -2.43. The van der Waals surface area contributed by atoms with Crippen LogP contribution in [0.15, 0.2) is 16.3 Å². The molecule has 1 aromatic heterocycles. The van der Waals surface area contributed by atoms with Crippen LogP contribution in [0.1, 0.15) is 24.6 Å². The Labute approximate surface area is 160 Å². The summed E-state index contributed by atoms with van der Waals surface area (Å²) < 4.78 is 52.5. The van der Waals surface area contributed by atoms with Crippen LogP contribution in [0.4, 0.5) is 0 Å². The third-order valence-corrected chi connectivity index (χ3v) is 9.09. The zero-order valence-electron chi connectivity index (χ0n) is 14.4. The van der Waals surface area contributed by atoms with Gasteiger partial charge in [-0.05, 0) is 51.4 Å². The molecule has 0 aliphatic carbocycles. The first-order chi connectivity index (χ1) is 11.3. The minimum Gasteiger partial charge on any atom is -0.317 e. The molecule has 1 aromatic rings. The standard InChI is InChI=1S/C14H25N3O4S3.ClH/c1-3-23(18,19)16-11-8-13-4-5-14(22-13)24(20,21)17(2)12-6-9-15-10-7-12;/h4-5,12,15-16H,3,6-11H2,1-2H3;1H. The highest BCUT2D eigenvalue weighted by atomic mass is 35.5. The summed E-state index contributed by atoms with van der Waals surface area (Å²) in [7, 11) is -5.07. The maximum Gasteiger partial charge on any atom is 0.252 e. The molecule has 0 radical (unpaired) electrons. The van der Waals surface area contributed by atoms with Gasteiger partial charge in [-0.15, -0.1) is 23.7 Å². The van der Waals surface area contributed by atoms with Crippen molar-refractivity contribution in [3.63, 3.8) is 0 Å². The molecule has 2 rings (SSSR count). The molecule has 1 aliphatic rings. The van der Waals surface area contributed by atoms with Crippen molar-refractivity contribution in [1.82, 2.24) is 14.3 Å². The van der Waals surface area contributed by atoms with Gasteiger partial charge in [-0.1, -0.05) is 0 Å². The Kier molecular flexibility index (Phi) is 8.79. The molecule has 146 valence electrons. The second kappa shape index (κ2) is 9.63. The number of hydrogen-bond donors (Lipinski definition) is 2. The fraction of sp³-hybridized carbons (Fsp3) is 0.714. The molecule has 1 aliphatic heterocycles. The molecule has 2 heterocycles. The summed E-state index contributed by atoms with van der Waals surface area (Å²) in [5.41, 5.74) is 0. The Bertz CT molecular complexity index is 743. The molecule has 2 N–H and O–H groups in total. The molecule has 0 atom stereocenters. The average molecular weight is 432 g/mol. The first kappa shape index (κ1) is 22.8. The fourth-order valence-electron chi connectivity index (χ4n) is 2.57. The Balaban J connectivity index is 0.00000312. The van der Waals surface area contributed by atoms with Crippen molar-refractivity contribution >= 4 is 43.8 Å². The zero-order chi connectivity index (χ0) is 17.8. The van der Waals surface area contributed by atoms with Gasteiger partial charge in [-0.25, -0.2) is 21.6 Å². The van der Waals surface area contributed by atoms with E-state index >= 15 is 0 Å². The molecule has 0 unspecified atom stereocenters. The van der Waals surface area contributed by atoms with E-state index in [4.69, 9.17) is 0 Å². The summed E-state index contributed by atoms with van der Waals surface area (Å²) in [4.78, 5) is 0.853. The largest absolute Gasteiger partial charge is 0.317 e. The first-order valence-electron chi connectivity index (χ1n) is 8.01. The minimum absolute atomic E-state index is 0. The summed E-state index contributed by atoms with van der Waals surface area (Å²) in [5.74, 6) is 0.0398. The summed E-state index contributed by atoms with van der Waals surface area (Å²) >= 11 is 1.21. The van der Waals surface area contributed by atoms with Crippen LogP contribution in [0.3, 0.4) is 0 Å².